The summed E-state index contributed by atoms with van der Waals surface area (Å²) in [6, 6.07) is 3.73. The molecule has 0 radical (unpaired) electrons. The van der Waals surface area contributed by atoms with Crippen LogP contribution in [0, 0.1) is 0 Å². The number of thiophene rings is 1. The highest BCUT2D eigenvalue weighted by Crippen LogP contribution is 2.16. The smallest absolute Gasteiger partial charge is 0.261 e. The molecule has 14 heavy (non-hydrogen) atoms. The molecule has 3 nitrogen and oxygen atoms in total. The van der Waals surface area contributed by atoms with Crippen molar-refractivity contribution in [1.82, 2.24) is 5.32 Å². The molecule has 0 fully saturated rings. The average molecular weight is 211 g/mol. The molecule has 0 bridgehead atoms. The molecule has 1 aromatic heterocycles. The Morgan fingerprint density at radius 2 is 2.14 bits per heavy atom. The number of nitrogens with one attached hydrogen (secondary N) is 1. The zero-order chi connectivity index (χ0) is 10.6. The quantitative estimate of drug-likeness (QED) is 0.822. The minimum Gasteiger partial charge on any atom is -0.344 e. The normalized spacial score (nSPS) is 9.86. The van der Waals surface area contributed by atoms with Crippen molar-refractivity contribution in [2.45, 2.75) is 20.3 Å². The molecule has 1 N–H and O–H groups in total. The summed E-state index contributed by atoms with van der Waals surface area (Å²) in [5, 5.41) is 2.56. The lowest BCUT2D eigenvalue weighted by Crippen LogP contribution is -2.27. The van der Waals surface area contributed by atoms with Crippen molar-refractivity contribution in [3.05, 3.63) is 21.9 Å². The van der Waals surface area contributed by atoms with Gasteiger partial charge in [0.05, 0.1) is 11.4 Å². The average Bonchev–Trinajstić information content (AvgIpc) is 2.62. The first kappa shape index (κ1) is 10.9. The Hall–Kier alpha value is -1.16. The van der Waals surface area contributed by atoms with Gasteiger partial charge in [-0.2, -0.15) is 0 Å². The maximum atomic E-state index is 11.4. The summed E-state index contributed by atoms with van der Waals surface area (Å²) in [5.74, 6) is -0.199. The van der Waals surface area contributed by atoms with E-state index in [4.69, 9.17) is 0 Å². The fourth-order valence-corrected chi connectivity index (χ4v) is 1.85. The fraction of sp³-hybridized carbons (Fsp3) is 0.400. The van der Waals surface area contributed by atoms with E-state index in [0.717, 1.165) is 6.42 Å². The summed E-state index contributed by atoms with van der Waals surface area (Å²) >= 11 is 1.47. The zero-order valence-electron chi connectivity index (χ0n) is 8.29. The van der Waals surface area contributed by atoms with Crippen LogP contribution in [-0.4, -0.2) is 18.2 Å². The van der Waals surface area contributed by atoms with Gasteiger partial charge in [-0.05, 0) is 25.5 Å². The van der Waals surface area contributed by atoms with Crippen LogP contribution < -0.4 is 5.32 Å². The van der Waals surface area contributed by atoms with Crippen molar-refractivity contribution in [3.8, 4) is 0 Å². The van der Waals surface area contributed by atoms with E-state index in [1.54, 1.807) is 6.07 Å². The van der Waals surface area contributed by atoms with Gasteiger partial charge in [0.25, 0.3) is 5.91 Å². The summed E-state index contributed by atoms with van der Waals surface area (Å²) in [4.78, 5) is 23.9. The molecule has 4 heteroatoms. The second-order valence-corrected chi connectivity index (χ2v) is 4.17. The lowest BCUT2D eigenvalue weighted by Gasteiger charge is -1.98. The molecule has 1 rings (SSSR count). The molecule has 0 unspecified atom stereocenters. The van der Waals surface area contributed by atoms with Gasteiger partial charge in [-0.1, -0.05) is 6.92 Å². The minimum absolute atomic E-state index is 0.0365. The highest BCUT2D eigenvalue weighted by Gasteiger charge is 2.08. The van der Waals surface area contributed by atoms with E-state index < -0.39 is 0 Å². The monoisotopic (exact) mass is 211 g/mol. The van der Waals surface area contributed by atoms with Crippen molar-refractivity contribution < 1.29 is 9.59 Å². The number of aryl methyl sites for hydroxylation is 1. The molecular weight excluding hydrogens is 198 g/mol. The van der Waals surface area contributed by atoms with E-state index in [9.17, 15) is 9.59 Å². The Kier molecular flexibility index (Phi) is 3.83. The number of hydrogen-bond donors (Lipinski definition) is 1. The molecule has 0 aromatic carbocycles. The third-order valence-corrected chi connectivity index (χ3v) is 2.96. The number of hydrogen-bond acceptors (Lipinski definition) is 3. The van der Waals surface area contributed by atoms with Crippen LogP contribution >= 0.6 is 11.3 Å². The molecule has 1 amide bonds. The molecule has 0 aliphatic rings. The van der Waals surface area contributed by atoms with E-state index in [2.05, 4.69) is 5.32 Å². The van der Waals surface area contributed by atoms with Crippen LogP contribution in [0.1, 0.15) is 28.4 Å². The van der Waals surface area contributed by atoms with E-state index in [0.29, 0.717) is 4.88 Å². The Bertz CT molecular complexity index is 344. The van der Waals surface area contributed by atoms with Gasteiger partial charge >= 0.3 is 0 Å². The second kappa shape index (κ2) is 4.91. The first-order valence-corrected chi connectivity index (χ1v) is 5.31. The van der Waals surface area contributed by atoms with E-state index in [1.807, 2.05) is 13.0 Å². The van der Waals surface area contributed by atoms with Crippen LogP contribution in [0.5, 0.6) is 0 Å². The van der Waals surface area contributed by atoms with Crippen molar-refractivity contribution in [1.29, 1.82) is 0 Å². The third-order valence-electron chi connectivity index (χ3n) is 1.73. The van der Waals surface area contributed by atoms with Crippen molar-refractivity contribution in [3.63, 3.8) is 0 Å². The van der Waals surface area contributed by atoms with Gasteiger partial charge < -0.3 is 5.32 Å². The summed E-state index contributed by atoms with van der Waals surface area (Å²) < 4.78 is 0. The molecule has 1 aromatic rings. The molecule has 0 spiro atoms. The third kappa shape index (κ3) is 2.96. The Morgan fingerprint density at radius 3 is 2.64 bits per heavy atom. The van der Waals surface area contributed by atoms with Crippen molar-refractivity contribution >= 4 is 23.0 Å². The number of rotatable bonds is 4. The number of amides is 1. The van der Waals surface area contributed by atoms with Crippen LogP contribution in [0.15, 0.2) is 12.1 Å². The molecule has 0 atom stereocenters. The van der Waals surface area contributed by atoms with Crippen LogP contribution in [-0.2, 0) is 11.2 Å². The standard InChI is InChI=1S/C10H13NO2S/c1-3-8-4-5-9(14-8)10(13)11-6-7(2)12/h4-5H,3,6H2,1-2H3,(H,11,13). The summed E-state index contributed by atoms with van der Waals surface area (Å²) in [7, 11) is 0. The van der Waals surface area contributed by atoms with Gasteiger partial charge in [-0.25, -0.2) is 0 Å². The molecule has 76 valence electrons. The largest absolute Gasteiger partial charge is 0.344 e. The topological polar surface area (TPSA) is 46.2 Å². The molecule has 0 saturated heterocycles. The van der Waals surface area contributed by atoms with Gasteiger partial charge in [-0.3, -0.25) is 9.59 Å². The lowest BCUT2D eigenvalue weighted by molar-refractivity contribution is -0.116. The van der Waals surface area contributed by atoms with Gasteiger partial charge in [0.1, 0.15) is 5.78 Å². The minimum atomic E-state index is -0.162. The zero-order valence-corrected chi connectivity index (χ0v) is 9.11. The predicted octanol–water partition coefficient (Wildman–Crippen LogP) is 1.63. The highest BCUT2D eigenvalue weighted by atomic mass is 32.1. The molecule has 0 aliphatic heterocycles. The Labute approximate surface area is 87.1 Å². The first-order valence-electron chi connectivity index (χ1n) is 4.49. The summed E-state index contributed by atoms with van der Waals surface area (Å²) in [6.45, 7) is 3.60. The molecule has 0 saturated carbocycles. The lowest BCUT2D eigenvalue weighted by atomic mass is 10.3. The molecule has 0 aliphatic carbocycles. The maximum Gasteiger partial charge on any atom is 0.261 e. The van der Waals surface area contributed by atoms with Crippen LogP contribution in [0.3, 0.4) is 0 Å². The fourth-order valence-electron chi connectivity index (χ4n) is 0.982. The number of Topliss-reactive ketones (excluding diaryl/α,β-unsaturated/α-hetero) is 1. The van der Waals surface area contributed by atoms with Gasteiger partial charge in [-0.15, -0.1) is 11.3 Å². The predicted molar refractivity (Wildman–Crippen MR) is 56.7 cm³/mol. The highest BCUT2D eigenvalue weighted by molar-refractivity contribution is 7.14. The van der Waals surface area contributed by atoms with E-state index >= 15 is 0 Å². The SMILES string of the molecule is CCc1ccc(C(=O)NCC(C)=O)s1. The number of carbonyl (C=O) groups excluding carboxylic acids is 2. The Morgan fingerprint density at radius 1 is 1.43 bits per heavy atom. The number of carbonyl (C=O) groups is 2. The number of ketones is 1. The van der Waals surface area contributed by atoms with Crippen LogP contribution in [0.25, 0.3) is 0 Å². The van der Waals surface area contributed by atoms with Crippen LogP contribution in [0.2, 0.25) is 0 Å². The molecule has 1 heterocycles. The summed E-state index contributed by atoms with van der Waals surface area (Å²) in [6.07, 6.45) is 0.935. The van der Waals surface area contributed by atoms with Gasteiger partial charge in [0.15, 0.2) is 0 Å². The van der Waals surface area contributed by atoms with E-state index in [-0.39, 0.29) is 18.2 Å². The summed E-state index contributed by atoms with van der Waals surface area (Å²) in [5.41, 5.74) is 0. The Balaban J connectivity index is 2.56. The second-order valence-electron chi connectivity index (χ2n) is 3.00. The first-order chi connectivity index (χ1) is 6.63. The maximum absolute atomic E-state index is 11.4. The van der Waals surface area contributed by atoms with Gasteiger partial charge in [0, 0.05) is 4.88 Å². The van der Waals surface area contributed by atoms with Crippen molar-refractivity contribution in [2.75, 3.05) is 6.54 Å². The van der Waals surface area contributed by atoms with Crippen molar-refractivity contribution in [2.24, 2.45) is 0 Å². The van der Waals surface area contributed by atoms with E-state index in [1.165, 1.54) is 23.1 Å². The van der Waals surface area contributed by atoms with Gasteiger partial charge in [0.2, 0.25) is 0 Å². The molecular formula is C10H13NO2S. The van der Waals surface area contributed by atoms with Crippen LogP contribution in [0.4, 0.5) is 0 Å².